The van der Waals surface area contributed by atoms with Gasteiger partial charge in [-0.05, 0) is 48.9 Å². The molecule has 2 aromatic carbocycles. The third-order valence-corrected chi connectivity index (χ3v) is 4.93. The number of fused-ring (bicyclic) bond motifs is 1. The maximum atomic E-state index is 5.51. The standard InChI is InChI=1S/C19H18N4O2S/c1-3-25-15-9-7-13(8-10-15)17-12-26-19-21-20-18(23(19)22-17)14-5-4-6-16(11-14)24-2/h4-11H,3,12H2,1-2H3. The number of methoxy groups -OCH3 is 1. The van der Waals surface area contributed by atoms with Crippen LogP contribution in [0, 0.1) is 0 Å². The maximum Gasteiger partial charge on any atom is 0.212 e. The van der Waals surface area contributed by atoms with E-state index in [2.05, 4.69) is 10.2 Å². The van der Waals surface area contributed by atoms with Crippen LogP contribution in [-0.2, 0) is 0 Å². The largest absolute Gasteiger partial charge is 0.497 e. The molecular weight excluding hydrogens is 348 g/mol. The number of nitrogens with zero attached hydrogens (tertiary/aromatic N) is 4. The monoisotopic (exact) mass is 366 g/mol. The fraction of sp³-hybridized carbons (Fsp3) is 0.211. The van der Waals surface area contributed by atoms with Gasteiger partial charge in [-0.15, -0.1) is 10.2 Å². The van der Waals surface area contributed by atoms with Crippen LogP contribution in [0.1, 0.15) is 12.5 Å². The summed E-state index contributed by atoms with van der Waals surface area (Å²) in [6.07, 6.45) is 0. The molecule has 0 bridgehead atoms. The molecule has 1 aromatic heterocycles. The van der Waals surface area contributed by atoms with Gasteiger partial charge in [0.25, 0.3) is 0 Å². The Morgan fingerprint density at radius 3 is 2.65 bits per heavy atom. The number of thioether (sulfide) groups is 1. The number of hydrogen-bond donors (Lipinski definition) is 0. The Balaban J connectivity index is 1.70. The van der Waals surface area contributed by atoms with Gasteiger partial charge in [0.1, 0.15) is 11.5 Å². The Morgan fingerprint density at radius 2 is 1.88 bits per heavy atom. The summed E-state index contributed by atoms with van der Waals surface area (Å²) in [5, 5.41) is 14.2. The van der Waals surface area contributed by atoms with Gasteiger partial charge in [0.05, 0.1) is 19.4 Å². The van der Waals surface area contributed by atoms with Crippen LogP contribution in [0.25, 0.3) is 11.4 Å². The molecule has 0 saturated heterocycles. The SMILES string of the molecule is CCOc1ccc(C2=Nn3c(nnc3-c3cccc(OC)c3)SC2)cc1. The zero-order chi connectivity index (χ0) is 17.9. The van der Waals surface area contributed by atoms with E-state index in [0.717, 1.165) is 39.2 Å². The Morgan fingerprint density at radius 1 is 1.04 bits per heavy atom. The minimum atomic E-state index is 0.657. The molecule has 0 spiro atoms. The summed E-state index contributed by atoms with van der Waals surface area (Å²) >= 11 is 1.63. The Hall–Kier alpha value is -2.80. The van der Waals surface area contributed by atoms with Crippen molar-refractivity contribution in [2.24, 2.45) is 5.10 Å². The van der Waals surface area contributed by atoms with E-state index in [4.69, 9.17) is 14.6 Å². The van der Waals surface area contributed by atoms with Crippen molar-refractivity contribution in [1.82, 2.24) is 14.9 Å². The molecule has 0 aliphatic carbocycles. The number of rotatable bonds is 5. The Labute approximate surface area is 155 Å². The van der Waals surface area contributed by atoms with Crippen molar-refractivity contribution in [1.29, 1.82) is 0 Å². The summed E-state index contributed by atoms with van der Waals surface area (Å²) in [6.45, 7) is 2.63. The molecule has 4 rings (SSSR count). The van der Waals surface area contributed by atoms with Crippen molar-refractivity contribution in [3.8, 4) is 22.9 Å². The molecule has 7 heteroatoms. The smallest absolute Gasteiger partial charge is 0.212 e. The van der Waals surface area contributed by atoms with Gasteiger partial charge < -0.3 is 9.47 Å². The second kappa shape index (κ2) is 7.21. The van der Waals surface area contributed by atoms with E-state index in [1.807, 2.05) is 55.5 Å². The molecule has 1 aliphatic heterocycles. The summed E-state index contributed by atoms with van der Waals surface area (Å²) in [6, 6.07) is 15.8. The second-order valence-electron chi connectivity index (χ2n) is 5.64. The lowest BCUT2D eigenvalue weighted by atomic mass is 10.1. The van der Waals surface area contributed by atoms with Gasteiger partial charge in [-0.2, -0.15) is 9.78 Å². The van der Waals surface area contributed by atoms with Gasteiger partial charge in [-0.25, -0.2) is 0 Å². The summed E-state index contributed by atoms with van der Waals surface area (Å²) in [7, 11) is 1.65. The van der Waals surface area contributed by atoms with E-state index in [0.29, 0.717) is 12.4 Å². The third-order valence-electron chi connectivity index (χ3n) is 4.00. The van der Waals surface area contributed by atoms with E-state index in [-0.39, 0.29) is 0 Å². The molecule has 1 aliphatic rings. The molecule has 0 atom stereocenters. The molecule has 2 heterocycles. The van der Waals surface area contributed by atoms with Gasteiger partial charge in [0.15, 0.2) is 5.82 Å². The van der Waals surface area contributed by atoms with Crippen molar-refractivity contribution in [3.05, 3.63) is 54.1 Å². The van der Waals surface area contributed by atoms with Crippen molar-refractivity contribution >= 4 is 17.5 Å². The van der Waals surface area contributed by atoms with Gasteiger partial charge in [-0.3, -0.25) is 0 Å². The van der Waals surface area contributed by atoms with Gasteiger partial charge >= 0.3 is 0 Å². The highest BCUT2D eigenvalue weighted by Crippen LogP contribution is 2.30. The first-order valence-electron chi connectivity index (χ1n) is 8.32. The van der Waals surface area contributed by atoms with Gasteiger partial charge in [0.2, 0.25) is 5.16 Å². The van der Waals surface area contributed by atoms with Crippen LogP contribution < -0.4 is 9.47 Å². The highest BCUT2D eigenvalue weighted by atomic mass is 32.2. The minimum absolute atomic E-state index is 0.657. The molecule has 6 nitrogen and oxygen atoms in total. The Bertz CT molecular complexity index is 950. The highest BCUT2D eigenvalue weighted by molar-refractivity contribution is 7.99. The van der Waals surface area contributed by atoms with Crippen molar-refractivity contribution in [2.75, 3.05) is 19.5 Å². The summed E-state index contributed by atoms with van der Waals surface area (Å²) < 4.78 is 12.6. The zero-order valence-electron chi connectivity index (χ0n) is 14.5. The maximum absolute atomic E-state index is 5.51. The van der Waals surface area contributed by atoms with E-state index >= 15 is 0 Å². The molecule has 3 aromatic rings. The average Bonchev–Trinajstić information content (AvgIpc) is 3.12. The second-order valence-corrected chi connectivity index (χ2v) is 6.59. The molecule has 0 amide bonds. The topological polar surface area (TPSA) is 61.5 Å². The van der Waals surface area contributed by atoms with Crippen molar-refractivity contribution in [2.45, 2.75) is 12.1 Å². The summed E-state index contributed by atoms with van der Waals surface area (Å²) in [5.74, 6) is 3.10. The lowest BCUT2D eigenvalue weighted by molar-refractivity contribution is 0.340. The average molecular weight is 366 g/mol. The summed E-state index contributed by atoms with van der Waals surface area (Å²) in [4.78, 5) is 0. The number of ether oxygens (including phenoxy) is 2. The first-order chi connectivity index (χ1) is 12.8. The van der Waals surface area contributed by atoms with Crippen LogP contribution in [0.15, 0.2) is 58.8 Å². The van der Waals surface area contributed by atoms with Crippen LogP contribution in [-0.4, -0.2) is 40.1 Å². The number of hydrogen-bond acceptors (Lipinski definition) is 6. The first kappa shape index (κ1) is 16.7. The lowest BCUT2D eigenvalue weighted by Gasteiger charge is -2.14. The predicted molar refractivity (Wildman–Crippen MR) is 102 cm³/mol. The van der Waals surface area contributed by atoms with Crippen molar-refractivity contribution < 1.29 is 9.47 Å². The first-order valence-corrected chi connectivity index (χ1v) is 9.30. The quantitative estimate of drug-likeness (QED) is 0.689. The van der Waals surface area contributed by atoms with Crippen LogP contribution in [0.2, 0.25) is 0 Å². The molecule has 26 heavy (non-hydrogen) atoms. The fourth-order valence-corrected chi connectivity index (χ4v) is 3.56. The third kappa shape index (κ3) is 3.17. The van der Waals surface area contributed by atoms with Gasteiger partial charge in [-0.1, -0.05) is 23.9 Å². The molecule has 0 radical (unpaired) electrons. The van der Waals surface area contributed by atoms with E-state index in [9.17, 15) is 0 Å². The number of benzene rings is 2. The number of aromatic nitrogens is 3. The fourth-order valence-electron chi connectivity index (χ4n) is 2.72. The van der Waals surface area contributed by atoms with Gasteiger partial charge in [0, 0.05) is 11.3 Å². The summed E-state index contributed by atoms with van der Waals surface area (Å²) in [5.41, 5.74) is 2.96. The van der Waals surface area contributed by atoms with Crippen LogP contribution in [0.4, 0.5) is 0 Å². The zero-order valence-corrected chi connectivity index (χ0v) is 15.4. The van der Waals surface area contributed by atoms with E-state index in [1.54, 1.807) is 23.5 Å². The molecule has 0 unspecified atom stereocenters. The minimum Gasteiger partial charge on any atom is -0.497 e. The van der Waals surface area contributed by atoms with E-state index < -0.39 is 0 Å². The van der Waals surface area contributed by atoms with E-state index in [1.165, 1.54) is 0 Å². The lowest BCUT2D eigenvalue weighted by Crippen LogP contribution is -2.13. The highest BCUT2D eigenvalue weighted by Gasteiger charge is 2.21. The molecule has 0 saturated carbocycles. The van der Waals surface area contributed by atoms with Crippen LogP contribution in [0.5, 0.6) is 11.5 Å². The predicted octanol–water partition coefficient (Wildman–Crippen LogP) is 3.71. The molecule has 132 valence electrons. The molecule has 0 fully saturated rings. The Kier molecular flexibility index (Phi) is 4.62. The normalized spacial score (nSPS) is 13.1. The van der Waals surface area contributed by atoms with Crippen LogP contribution >= 0.6 is 11.8 Å². The van der Waals surface area contributed by atoms with Crippen molar-refractivity contribution in [3.63, 3.8) is 0 Å². The molecular formula is C19H18N4O2S. The molecule has 0 N–H and O–H groups in total. The van der Waals surface area contributed by atoms with Crippen LogP contribution in [0.3, 0.4) is 0 Å².